The molecule has 6 rings (SSSR count). The van der Waals surface area contributed by atoms with Crippen LogP contribution in [-0.4, -0.2) is 13.7 Å². The molecule has 0 amide bonds. The molecule has 1 N–H and O–H groups in total. The Hall–Kier alpha value is -4.10. The van der Waals surface area contributed by atoms with E-state index in [-0.39, 0.29) is 10.9 Å². The summed E-state index contributed by atoms with van der Waals surface area (Å²) >= 11 is 6.16. The first kappa shape index (κ1) is 21.4. The molecule has 0 unspecified atom stereocenters. The first-order valence-corrected chi connectivity index (χ1v) is 11.5. The molecule has 35 heavy (non-hydrogen) atoms. The van der Waals surface area contributed by atoms with Crippen molar-refractivity contribution in [3.63, 3.8) is 0 Å². The van der Waals surface area contributed by atoms with E-state index < -0.39 is 23.1 Å². The van der Waals surface area contributed by atoms with Crippen molar-refractivity contribution < 1.29 is 4.39 Å². The van der Waals surface area contributed by atoms with Gasteiger partial charge >= 0.3 is 5.69 Å². The van der Waals surface area contributed by atoms with Gasteiger partial charge in [0, 0.05) is 24.7 Å². The molecule has 3 aromatic carbocycles. The molecule has 5 aromatic rings. The van der Waals surface area contributed by atoms with Gasteiger partial charge in [-0.2, -0.15) is 0 Å². The fraction of sp³-hybridized carbons (Fsp3) is 0.111. The lowest BCUT2D eigenvalue weighted by Gasteiger charge is -2.31. The lowest BCUT2D eigenvalue weighted by Crippen LogP contribution is -2.37. The van der Waals surface area contributed by atoms with Gasteiger partial charge in [0.05, 0.1) is 39.7 Å². The molecule has 1 atom stereocenters. The molecule has 0 saturated carbocycles. The third-order valence-corrected chi connectivity index (χ3v) is 6.91. The van der Waals surface area contributed by atoms with E-state index in [1.54, 1.807) is 37.4 Å². The zero-order valence-electron chi connectivity index (χ0n) is 18.9. The minimum absolute atomic E-state index is 0.283. The van der Waals surface area contributed by atoms with Gasteiger partial charge in [0.25, 0.3) is 5.56 Å². The molecule has 0 spiro atoms. The van der Waals surface area contributed by atoms with Gasteiger partial charge in [0.1, 0.15) is 5.82 Å². The summed E-state index contributed by atoms with van der Waals surface area (Å²) in [5.41, 5.74) is 3.37. The van der Waals surface area contributed by atoms with Crippen LogP contribution < -0.4 is 16.6 Å². The molecule has 0 aliphatic carbocycles. The number of nitrogens with zero attached hydrogens (tertiary/aromatic N) is 3. The van der Waals surface area contributed by atoms with Crippen molar-refractivity contribution in [2.75, 3.05) is 5.32 Å². The van der Waals surface area contributed by atoms with E-state index in [1.807, 2.05) is 41.0 Å². The zero-order chi connectivity index (χ0) is 24.4. The Morgan fingerprint density at radius 1 is 0.886 bits per heavy atom. The van der Waals surface area contributed by atoms with Crippen LogP contribution in [0.4, 0.5) is 10.1 Å². The van der Waals surface area contributed by atoms with Crippen molar-refractivity contribution in [2.24, 2.45) is 14.1 Å². The number of para-hydroxylation sites is 2. The third kappa shape index (κ3) is 3.01. The normalized spacial score (nSPS) is 14.5. The lowest BCUT2D eigenvalue weighted by molar-refractivity contribution is 0.630. The Balaban J connectivity index is 1.88. The fourth-order valence-corrected chi connectivity index (χ4v) is 5.16. The highest BCUT2D eigenvalue weighted by molar-refractivity contribution is 6.30. The van der Waals surface area contributed by atoms with E-state index >= 15 is 4.39 Å². The van der Waals surface area contributed by atoms with Gasteiger partial charge in [0.2, 0.25) is 0 Å². The smallest absolute Gasteiger partial charge is 0.331 e. The maximum Gasteiger partial charge on any atom is 0.331 e. The van der Waals surface area contributed by atoms with Crippen LogP contribution in [0.3, 0.4) is 0 Å². The molecule has 174 valence electrons. The van der Waals surface area contributed by atoms with Crippen LogP contribution in [0.2, 0.25) is 5.02 Å². The van der Waals surface area contributed by atoms with Crippen molar-refractivity contribution >= 4 is 28.2 Å². The van der Waals surface area contributed by atoms with Gasteiger partial charge in [-0.15, -0.1) is 0 Å². The Bertz CT molecular complexity index is 1770. The number of fused-ring (bicyclic) bond motifs is 5. The molecule has 8 heteroatoms. The molecule has 3 heterocycles. The predicted molar refractivity (Wildman–Crippen MR) is 136 cm³/mol. The van der Waals surface area contributed by atoms with Gasteiger partial charge in [-0.05, 0) is 42.0 Å². The molecule has 0 bridgehead atoms. The number of halogens is 2. The minimum atomic E-state index is -0.476. The second-order valence-corrected chi connectivity index (χ2v) is 9.06. The van der Waals surface area contributed by atoms with Crippen molar-refractivity contribution in [3.05, 3.63) is 116 Å². The maximum atomic E-state index is 15.3. The Labute approximate surface area is 204 Å². The van der Waals surface area contributed by atoms with Crippen LogP contribution >= 0.6 is 11.6 Å². The zero-order valence-corrected chi connectivity index (χ0v) is 19.7. The number of rotatable bonds is 2. The van der Waals surface area contributed by atoms with Crippen LogP contribution in [0.5, 0.6) is 0 Å². The summed E-state index contributed by atoms with van der Waals surface area (Å²) in [6.07, 6.45) is 0. The largest absolute Gasteiger partial charge is 0.371 e. The topological polar surface area (TPSA) is 61.0 Å². The maximum absolute atomic E-state index is 15.3. The second kappa shape index (κ2) is 7.71. The summed E-state index contributed by atoms with van der Waals surface area (Å²) in [6, 6.07) is 21.0. The van der Waals surface area contributed by atoms with Gasteiger partial charge in [-0.25, -0.2) is 9.18 Å². The molecular formula is C27H20ClFN4O2. The summed E-state index contributed by atoms with van der Waals surface area (Å²) in [5.74, 6) is -0.454. The number of nitrogens with one attached hydrogen (secondary N) is 1. The SMILES string of the molecule is Cn1c(=O)c2c(-c3ccccc3F)n3c(c2n(C)c1=O)[C@H](c1ccc(Cl)cc1)Nc1ccccc1-3. The summed E-state index contributed by atoms with van der Waals surface area (Å²) in [4.78, 5) is 26.6. The highest BCUT2D eigenvalue weighted by Gasteiger charge is 2.35. The summed E-state index contributed by atoms with van der Waals surface area (Å²) < 4.78 is 19.7. The molecule has 0 fully saturated rings. The number of benzene rings is 3. The molecule has 6 nitrogen and oxygen atoms in total. The van der Waals surface area contributed by atoms with Crippen molar-refractivity contribution in [2.45, 2.75) is 6.04 Å². The van der Waals surface area contributed by atoms with Crippen LogP contribution in [0, 0.1) is 5.82 Å². The minimum Gasteiger partial charge on any atom is -0.371 e. The summed E-state index contributed by atoms with van der Waals surface area (Å²) in [5, 5.41) is 4.44. The summed E-state index contributed by atoms with van der Waals surface area (Å²) in [6.45, 7) is 0. The van der Waals surface area contributed by atoms with Crippen molar-refractivity contribution in [3.8, 4) is 16.9 Å². The van der Waals surface area contributed by atoms with E-state index in [9.17, 15) is 9.59 Å². The first-order chi connectivity index (χ1) is 16.9. The Morgan fingerprint density at radius 3 is 2.31 bits per heavy atom. The van der Waals surface area contributed by atoms with E-state index in [0.29, 0.717) is 21.9 Å². The van der Waals surface area contributed by atoms with Gasteiger partial charge in [-0.1, -0.05) is 48.0 Å². The average Bonchev–Trinajstić information content (AvgIpc) is 3.23. The quantitative estimate of drug-likeness (QED) is 0.382. The highest BCUT2D eigenvalue weighted by Crippen LogP contribution is 2.45. The van der Waals surface area contributed by atoms with Gasteiger partial charge in [0.15, 0.2) is 0 Å². The summed E-state index contributed by atoms with van der Waals surface area (Å²) in [7, 11) is 3.07. The third-order valence-electron chi connectivity index (χ3n) is 6.66. The number of hydrogen-bond acceptors (Lipinski definition) is 3. The monoisotopic (exact) mass is 486 g/mol. The first-order valence-electron chi connectivity index (χ1n) is 11.1. The number of aryl methyl sites for hydroxylation is 1. The Morgan fingerprint density at radius 2 is 1.57 bits per heavy atom. The molecule has 0 radical (unpaired) electrons. The van der Waals surface area contributed by atoms with Crippen LogP contribution in [0.25, 0.3) is 27.8 Å². The second-order valence-electron chi connectivity index (χ2n) is 8.62. The molecule has 0 saturated heterocycles. The highest BCUT2D eigenvalue weighted by atomic mass is 35.5. The number of aromatic nitrogens is 3. The van der Waals surface area contributed by atoms with Crippen molar-refractivity contribution in [1.29, 1.82) is 0 Å². The van der Waals surface area contributed by atoms with Crippen LogP contribution in [0.15, 0.2) is 82.4 Å². The molecule has 1 aliphatic heterocycles. The van der Waals surface area contributed by atoms with E-state index in [1.165, 1.54) is 17.7 Å². The Kier molecular flexibility index (Phi) is 4.72. The predicted octanol–water partition coefficient (Wildman–Crippen LogP) is 5.00. The van der Waals surface area contributed by atoms with Gasteiger partial charge in [-0.3, -0.25) is 13.9 Å². The molecular weight excluding hydrogens is 467 g/mol. The van der Waals surface area contributed by atoms with Gasteiger partial charge < -0.3 is 9.88 Å². The standard InChI is InChI=1S/C27H20ClFN4O2/c1-31-24-21(26(34)32(2)27(31)35)23(17-7-3-4-8-18(17)29)33-20-10-6-5-9-19(20)30-22(25(24)33)15-11-13-16(28)14-12-15/h3-14,22,30H,1-2H3/t22-/m0/s1. The van der Waals surface area contributed by atoms with Crippen LogP contribution in [-0.2, 0) is 14.1 Å². The van der Waals surface area contributed by atoms with E-state index in [4.69, 9.17) is 11.6 Å². The fourth-order valence-electron chi connectivity index (χ4n) is 5.03. The average molecular weight is 487 g/mol. The molecule has 2 aromatic heterocycles. The van der Waals surface area contributed by atoms with E-state index in [2.05, 4.69) is 5.32 Å². The number of anilines is 1. The molecule has 1 aliphatic rings. The van der Waals surface area contributed by atoms with E-state index in [0.717, 1.165) is 21.5 Å². The van der Waals surface area contributed by atoms with Crippen molar-refractivity contribution in [1.82, 2.24) is 13.7 Å². The van der Waals surface area contributed by atoms with Crippen LogP contribution in [0.1, 0.15) is 17.3 Å². The lowest BCUT2D eigenvalue weighted by atomic mass is 9.99. The number of hydrogen-bond donors (Lipinski definition) is 1.